The van der Waals surface area contributed by atoms with Crippen LogP contribution >= 0.6 is 12.2 Å². The van der Waals surface area contributed by atoms with E-state index in [9.17, 15) is 0 Å². The van der Waals surface area contributed by atoms with Crippen molar-refractivity contribution in [3.05, 3.63) is 29.3 Å². The van der Waals surface area contributed by atoms with E-state index < -0.39 is 0 Å². The Morgan fingerprint density at radius 2 is 1.89 bits per heavy atom. The van der Waals surface area contributed by atoms with Gasteiger partial charge in [-0.1, -0.05) is 32.1 Å². The van der Waals surface area contributed by atoms with Crippen molar-refractivity contribution in [1.82, 2.24) is 4.90 Å². The van der Waals surface area contributed by atoms with Crippen LogP contribution in [0.5, 0.6) is 5.75 Å². The van der Waals surface area contributed by atoms with Gasteiger partial charge in [0.05, 0.1) is 12.7 Å². The average Bonchev–Trinajstić information content (AvgIpc) is 2.39. The number of benzene rings is 1. The summed E-state index contributed by atoms with van der Waals surface area (Å²) in [6.07, 6.45) is 2.33. The van der Waals surface area contributed by atoms with E-state index in [2.05, 4.69) is 24.8 Å². The van der Waals surface area contributed by atoms with Gasteiger partial charge in [0.15, 0.2) is 0 Å². The van der Waals surface area contributed by atoms with Crippen molar-refractivity contribution in [2.75, 3.05) is 20.2 Å². The van der Waals surface area contributed by atoms with Crippen molar-refractivity contribution in [3.63, 3.8) is 0 Å². The van der Waals surface area contributed by atoms with Crippen molar-refractivity contribution in [2.45, 2.75) is 33.2 Å². The number of hydrogen-bond acceptors (Lipinski definition) is 3. The maximum atomic E-state index is 5.75. The molecule has 0 fully saturated rings. The van der Waals surface area contributed by atoms with Gasteiger partial charge in [0.1, 0.15) is 10.7 Å². The zero-order valence-corrected chi connectivity index (χ0v) is 12.9. The molecule has 0 amide bonds. The fourth-order valence-electron chi connectivity index (χ4n) is 2.21. The summed E-state index contributed by atoms with van der Waals surface area (Å²) >= 11 is 5.08. The average molecular weight is 280 g/mol. The van der Waals surface area contributed by atoms with E-state index in [4.69, 9.17) is 22.7 Å². The van der Waals surface area contributed by atoms with Crippen LogP contribution in [0, 0.1) is 0 Å². The van der Waals surface area contributed by atoms with Gasteiger partial charge >= 0.3 is 0 Å². The van der Waals surface area contributed by atoms with E-state index in [-0.39, 0.29) is 0 Å². The number of rotatable bonds is 8. The molecule has 0 heterocycles. The molecule has 2 N–H and O–H groups in total. The number of methoxy groups -OCH3 is 1. The highest BCUT2D eigenvalue weighted by Gasteiger charge is 2.09. The van der Waals surface area contributed by atoms with Crippen LogP contribution in [-0.4, -0.2) is 30.1 Å². The molecule has 0 spiro atoms. The molecular weight excluding hydrogens is 256 g/mol. The normalized spacial score (nSPS) is 10.7. The highest BCUT2D eigenvalue weighted by atomic mass is 32.1. The Balaban J connectivity index is 2.88. The first-order valence-corrected chi connectivity index (χ1v) is 7.22. The van der Waals surface area contributed by atoms with E-state index in [1.54, 1.807) is 7.11 Å². The lowest BCUT2D eigenvalue weighted by atomic mass is 10.1. The fraction of sp³-hybridized carbons (Fsp3) is 0.533. The molecular formula is C15H24N2OS. The third-order valence-corrected chi connectivity index (χ3v) is 3.24. The van der Waals surface area contributed by atoms with E-state index in [1.807, 2.05) is 12.1 Å². The molecule has 3 nitrogen and oxygen atoms in total. The number of nitrogens with zero attached hydrogens (tertiary/aromatic N) is 1. The predicted octanol–water partition coefficient (Wildman–Crippen LogP) is 2.95. The van der Waals surface area contributed by atoms with Gasteiger partial charge in [-0.15, -0.1) is 0 Å². The highest BCUT2D eigenvalue weighted by Crippen LogP contribution is 2.20. The summed E-state index contributed by atoms with van der Waals surface area (Å²) in [6, 6.07) is 6.07. The fourth-order valence-corrected chi connectivity index (χ4v) is 2.37. The molecule has 0 saturated heterocycles. The zero-order valence-electron chi connectivity index (χ0n) is 12.1. The molecule has 0 saturated carbocycles. The summed E-state index contributed by atoms with van der Waals surface area (Å²) in [7, 11) is 1.64. The second-order valence-corrected chi connectivity index (χ2v) is 5.11. The van der Waals surface area contributed by atoms with Crippen LogP contribution < -0.4 is 10.5 Å². The summed E-state index contributed by atoms with van der Waals surface area (Å²) < 4.78 is 5.28. The maximum Gasteiger partial charge on any atom is 0.129 e. The van der Waals surface area contributed by atoms with Gasteiger partial charge in [0, 0.05) is 6.54 Å². The van der Waals surface area contributed by atoms with Crippen LogP contribution in [0.25, 0.3) is 0 Å². The quantitative estimate of drug-likeness (QED) is 0.743. The highest BCUT2D eigenvalue weighted by molar-refractivity contribution is 7.80. The minimum absolute atomic E-state index is 0.385. The van der Waals surface area contributed by atoms with Gasteiger partial charge in [-0.05, 0) is 43.6 Å². The van der Waals surface area contributed by atoms with Crippen LogP contribution in [0.15, 0.2) is 18.2 Å². The van der Waals surface area contributed by atoms with Gasteiger partial charge in [-0.25, -0.2) is 0 Å². The molecule has 0 radical (unpaired) electrons. The van der Waals surface area contributed by atoms with Gasteiger partial charge in [0.25, 0.3) is 0 Å². The lowest BCUT2D eigenvalue weighted by Gasteiger charge is -2.21. The Hall–Kier alpha value is -1.13. The number of ether oxygens (including phenoxy) is 1. The van der Waals surface area contributed by atoms with Crippen LogP contribution in [0.4, 0.5) is 0 Å². The van der Waals surface area contributed by atoms with Crippen LogP contribution in [0.2, 0.25) is 0 Å². The second-order valence-electron chi connectivity index (χ2n) is 4.68. The Morgan fingerprint density at radius 1 is 1.26 bits per heavy atom. The van der Waals surface area contributed by atoms with Gasteiger partial charge < -0.3 is 10.5 Å². The lowest BCUT2D eigenvalue weighted by molar-refractivity contribution is 0.266. The molecule has 1 rings (SSSR count). The van der Waals surface area contributed by atoms with Crippen molar-refractivity contribution in [1.29, 1.82) is 0 Å². The SMILES string of the molecule is CCCN(CCC)Cc1ccc(OC)c(C(N)=S)c1. The summed E-state index contributed by atoms with van der Waals surface area (Å²) in [5, 5.41) is 0. The third kappa shape index (κ3) is 4.80. The first-order chi connectivity index (χ1) is 9.12. The molecule has 1 aromatic rings. The van der Waals surface area contributed by atoms with Crippen LogP contribution in [-0.2, 0) is 6.54 Å². The number of nitrogens with two attached hydrogens (primary N) is 1. The summed E-state index contributed by atoms with van der Waals surface area (Å²) in [5.74, 6) is 0.744. The molecule has 4 heteroatoms. The van der Waals surface area contributed by atoms with E-state index in [1.165, 1.54) is 5.56 Å². The summed E-state index contributed by atoms with van der Waals surface area (Å²) in [5.41, 5.74) is 7.79. The lowest BCUT2D eigenvalue weighted by Crippen LogP contribution is -2.25. The van der Waals surface area contributed by atoms with Crippen molar-refractivity contribution < 1.29 is 4.74 Å². The molecule has 1 aromatic carbocycles. The first kappa shape index (κ1) is 15.9. The Morgan fingerprint density at radius 3 is 2.37 bits per heavy atom. The summed E-state index contributed by atoms with van der Waals surface area (Å²) in [6.45, 7) is 7.57. The largest absolute Gasteiger partial charge is 0.496 e. The minimum Gasteiger partial charge on any atom is -0.496 e. The van der Waals surface area contributed by atoms with Crippen molar-refractivity contribution in [2.24, 2.45) is 5.73 Å². The van der Waals surface area contributed by atoms with Gasteiger partial charge in [-0.2, -0.15) is 0 Å². The Labute approximate surface area is 121 Å². The molecule has 19 heavy (non-hydrogen) atoms. The maximum absolute atomic E-state index is 5.75. The molecule has 0 aliphatic rings. The Kier molecular flexibility index (Phi) is 6.81. The van der Waals surface area contributed by atoms with E-state index in [0.29, 0.717) is 4.99 Å². The van der Waals surface area contributed by atoms with Crippen LogP contribution in [0.3, 0.4) is 0 Å². The van der Waals surface area contributed by atoms with Crippen LogP contribution in [0.1, 0.15) is 37.8 Å². The Bertz CT molecular complexity index is 415. The molecule has 0 aromatic heterocycles. The van der Waals surface area contributed by atoms with E-state index >= 15 is 0 Å². The summed E-state index contributed by atoms with van der Waals surface area (Å²) in [4.78, 5) is 2.83. The van der Waals surface area contributed by atoms with Crippen molar-refractivity contribution >= 4 is 17.2 Å². The molecule has 0 unspecified atom stereocenters. The van der Waals surface area contributed by atoms with Gasteiger partial charge in [0.2, 0.25) is 0 Å². The smallest absolute Gasteiger partial charge is 0.129 e. The molecule has 0 aliphatic heterocycles. The first-order valence-electron chi connectivity index (χ1n) is 6.81. The standard InChI is InChI=1S/C15H24N2OS/c1-4-8-17(9-5-2)11-12-6-7-14(18-3)13(10-12)15(16)19/h6-7,10H,4-5,8-9,11H2,1-3H3,(H2,16,19). The van der Waals surface area contributed by atoms with Crippen molar-refractivity contribution in [3.8, 4) is 5.75 Å². The van der Waals surface area contributed by atoms with Gasteiger partial charge in [-0.3, -0.25) is 4.90 Å². The van der Waals surface area contributed by atoms with E-state index in [0.717, 1.165) is 43.8 Å². The zero-order chi connectivity index (χ0) is 14.3. The minimum atomic E-state index is 0.385. The molecule has 0 aliphatic carbocycles. The molecule has 106 valence electrons. The molecule has 0 bridgehead atoms. The monoisotopic (exact) mass is 280 g/mol. The number of hydrogen-bond donors (Lipinski definition) is 1. The number of thiocarbonyl (C=S) groups is 1. The predicted molar refractivity (Wildman–Crippen MR) is 84.7 cm³/mol. The topological polar surface area (TPSA) is 38.5 Å². The molecule has 0 atom stereocenters. The third-order valence-electron chi connectivity index (χ3n) is 3.02. The second kappa shape index (κ2) is 8.12.